The number of anilines is 1. The lowest BCUT2D eigenvalue weighted by molar-refractivity contribution is -0.140. The highest BCUT2D eigenvalue weighted by molar-refractivity contribution is 5.81. The van der Waals surface area contributed by atoms with Crippen molar-refractivity contribution in [1.82, 2.24) is 9.88 Å². The van der Waals surface area contributed by atoms with Crippen molar-refractivity contribution in [1.29, 1.82) is 5.26 Å². The van der Waals surface area contributed by atoms with E-state index in [4.69, 9.17) is 5.26 Å². The number of aromatic nitrogens is 1. The Kier molecular flexibility index (Phi) is 5.74. The number of carbonyl (C=O) groups is 1. The molecule has 0 bridgehead atoms. The number of rotatable bonds is 5. The third-order valence-electron chi connectivity index (χ3n) is 3.17. The quantitative estimate of drug-likeness (QED) is 0.836. The van der Waals surface area contributed by atoms with E-state index < -0.39 is 11.9 Å². The summed E-state index contributed by atoms with van der Waals surface area (Å²) < 4.78 is 39.0. The van der Waals surface area contributed by atoms with Crippen LogP contribution in [0.4, 0.5) is 18.9 Å². The Labute approximate surface area is 127 Å². The van der Waals surface area contributed by atoms with E-state index in [-0.39, 0.29) is 23.7 Å². The van der Waals surface area contributed by atoms with Gasteiger partial charge in [0.15, 0.2) is 5.69 Å². The summed E-state index contributed by atoms with van der Waals surface area (Å²) in [6, 6.07) is 2.84. The lowest BCUT2D eigenvalue weighted by Crippen LogP contribution is -2.39. The molecule has 0 saturated carbocycles. The third-order valence-corrected chi connectivity index (χ3v) is 3.17. The first-order chi connectivity index (χ1) is 10.2. The molecule has 1 aromatic rings. The van der Waals surface area contributed by atoms with Crippen molar-refractivity contribution in [3.63, 3.8) is 0 Å². The fraction of sp³-hybridized carbons (Fsp3) is 0.500. The molecule has 8 heteroatoms. The number of pyridine rings is 1. The molecule has 0 aliphatic rings. The summed E-state index contributed by atoms with van der Waals surface area (Å²) in [7, 11) is 1.37. The molecule has 0 saturated heterocycles. The van der Waals surface area contributed by atoms with Crippen LogP contribution in [0.25, 0.3) is 0 Å². The molecule has 5 nitrogen and oxygen atoms in total. The summed E-state index contributed by atoms with van der Waals surface area (Å²) in [6.45, 7) is 4.32. The highest BCUT2D eigenvalue weighted by atomic mass is 19.4. The second kappa shape index (κ2) is 7.11. The molecule has 22 heavy (non-hydrogen) atoms. The minimum atomic E-state index is -4.66. The van der Waals surface area contributed by atoms with Gasteiger partial charge in [0.2, 0.25) is 5.91 Å². The summed E-state index contributed by atoms with van der Waals surface area (Å²) in [5.41, 5.74) is -1.39. The van der Waals surface area contributed by atoms with E-state index in [1.165, 1.54) is 11.9 Å². The van der Waals surface area contributed by atoms with Gasteiger partial charge in [0.1, 0.15) is 6.07 Å². The number of carbonyl (C=O) groups excluding carboxylic acids is 1. The van der Waals surface area contributed by atoms with Gasteiger partial charge in [0, 0.05) is 26.3 Å². The molecule has 0 unspecified atom stereocenters. The Balaban J connectivity index is 3.13. The second-order valence-corrected chi connectivity index (χ2v) is 4.62. The molecule has 0 aromatic carbocycles. The fourth-order valence-corrected chi connectivity index (χ4v) is 1.99. The second-order valence-electron chi connectivity index (χ2n) is 4.62. The van der Waals surface area contributed by atoms with Crippen LogP contribution in [-0.4, -0.2) is 42.5 Å². The molecule has 0 atom stereocenters. The van der Waals surface area contributed by atoms with Gasteiger partial charge in [-0.1, -0.05) is 0 Å². The van der Waals surface area contributed by atoms with E-state index in [9.17, 15) is 18.0 Å². The number of hydrogen-bond donors (Lipinski definition) is 0. The van der Waals surface area contributed by atoms with E-state index in [2.05, 4.69) is 4.98 Å². The molecule has 1 amide bonds. The maximum atomic E-state index is 13.0. The molecular formula is C14H17F3N4O. The Morgan fingerprint density at radius 2 is 1.95 bits per heavy atom. The van der Waals surface area contributed by atoms with Gasteiger partial charge in [-0.3, -0.25) is 4.79 Å². The highest BCUT2D eigenvalue weighted by Gasteiger charge is 2.37. The minimum Gasteiger partial charge on any atom is -0.363 e. The Morgan fingerprint density at radius 1 is 1.36 bits per heavy atom. The van der Waals surface area contributed by atoms with Crippen LogP contribution in [0, 0.1) is 11.3 Å². The first kappa shape index (κ1) is 17.8. The van der Waals surface area contributed by atoms with Crippen molar-refractivity contribution in [2.75, 3.05) is 31.6 Å². The zero-order chi connectivity index (χ0) is 16.9. The number of likely N-dealkylation sites (N-methyl/N-ethyl adjacent to an activating group) is 2. The number of alkyl halides is 3. The molecule has 1 rings (SSSR count). The lowest BCUT2D eigenvalue weighted by Gasteiger charge is -2.26. The first-order valence-corrected chi connectivity index (χ1v) is 6.70. The van der Waals surface area contributed by atoms with Crippen molar-refractivity contribution in [2.45, 2.75) is 20.0 Å². The summed E-state index contributed by atoms with van der Waals surface area (Å²) >= 11 is 0. The predicted molar refractivity (Wildman–Crippen MR) is 75.2 cm³/mol. The third kappa shape index (κ3) is 4.10. The SMILES string of the molecule is CCN(CC)C(=O)CN(C)c1cc(C#N)cnc1C(F)(F)F. The van der Waals surface area contributed by atoms with Gasteiger partial charge in [-0.25, -0.2) is 4.98 Å². The average Bonchev–Trinajstić information content (AvgIpc) is 2.46. The smallest absolute Gasteiger partial charge is 0.363 e. The van der Waals surface area contributed by atoms with E-state index in [1.807, 2.05) is 0 Å². The van der Waals surface area contributed by atoms with Crippen LogP contribution in [0.2, 0.25) is 0 Å². The van der Waals surface area contributed by atoms with E-state index in [1.54, 1.807) is 19.9 Å². The van der Waals surface area contributed by atoms with Crippen molar-refractivity contribution in [2.24, 2.45) is 0 Å². The Bertz CT molecular complexity index is 576. The van der Waals surface area contributed by atoms with Crippen LogP contribution < -0.4 is 4.90 Å². The van der Waals surface area contributed by atoms with Gasteiger partial charge < -0.3 is 9.80 Å². The minimum absolute atomic E-state index is 0.00476. The Hall–Kier alpha value is -2.30. The number of amides is 1. The zero-order valence-electron chi connectivity index (χ0n) is 12.6. The van der Waals surface area contributed by atoms with Crippen molar-refractivity contribution in [3.8, 4) is 6.07 Å². The molecule has 0 spiro atoms. The summed E-state index contributed by atoms with van der Waals surface area (Å²) in [5.74, 6) is -0.289. The lowest BCUT2D eigenvalue weighted by atomic mass is 10.2. The number of nitrogens with zero attached hydrogens (tertiary/aromatic N) is 4. The van der Waals surface area contributed by atoms with Crippen LogP contribution in [-0.2, 0) is 11.0 Å². The Morgan fingerprint density at radius 3 is 2.41 bits per heavy atom. The molecule has 120 valence electrons. The van der Waals surface area contributed by atoms with Gasteiger partial charge in [0.25, 0.3) is 0 Å². The molecule has 0 radical (unpaired) electrons. The topological polar surface area (TPSA) is 60.2 Å². The summed E-state index contributed by atoms with van der Waals surface area (Å²) in [6.07, 6.45) is -3.79. The molecule has 1 aromatic heterocycles. The molecule has 0 aliphatic heterocycles. The highest BCUT2D eigenvalue weighted by Crippen LogP contribution is 2.34. The van der Waals surface area contributed by atoms with Gasteiger partial charge in [-0.15, -0.1) is 0 Å². The standard InChI is InChI=1S/C14H17F3N4O/c1-4-21(5-2)12(22)9-20(3)11-6-10(7-18)8-19-13(11)14(15,16)17/h6,8H,4-5,9H2,1-3H3. The number of hydrogen-bond acceptors (Lipinski definition) is 4. The van der Waals surface area contributed by atoms with Crippen LogP contribution in [0.1, 0.15) is 25.1 Å². The van der Waals surface area contributed by atoms with E-state index in [0.29, 0.717) is 13.1 Å². The fourth-order valence-electron chi connectivity index (χ4n) is 1.99. The van der Waals surface area contributed by atoms with Crippen LogP contribution in [0.5, 0.6) is 0 Å². The van der Waals surface area contributed by atoms with E-state index >= 15 is 0 Å². The van der Waals surface area contributed by atoms with Gasteiger partial charge in [-0.2, -0.15) is 18.4 Å². The van der Waals surface area contributed by atoms with Crippen LogP contribution in [0.15, 0.2) is 12.3 Å². The normalized spacial score (nSPS) is 11.0. The monoisotopic (exact) mass is 314 g/mol. The average molecular weight is 314 g/mol. The summed E-state index contributed by atoms with van der Waals surface area (Å²) in [5, 5.41) is 8.82. The molecule has 1 heterocycles. The van der Waals surface area contributed by atoms with Crippen molar-refractivity contribution < 1.29 is 18.0 Å². The molecule has 0 N–H and O–H groups in total. The van der Waals surface area contributed by atoms with E-state index in [0.717, 1.165) is 17.2 Å². The van der Waals surface area contributed by atoms with Gasteiger partial charge >= 0.3 is 6.18 Å². The van der Waals surface area contributed by atoms with Gasteiger partial charge in [-0.05, 0) is 19.9 Å². The molecule has 0 fully saturated rings. The maximum Gasteiger partial charge on any atom is 0.435 e. The number of nitriles is 1. The van der Waals surface area contributed by atoms with Crippen LogP contribution in [0.3, 0.4) is 0 Å². The number of halogens is 3. The van der Waals surface area contributed by atoms with Crippen LogP contribution >= 0.6 is 0 Å². The summed E-state index contributed by atoms with van der Waals surface area (Å²) in [4.78, 5) is 18.0. The predicted octanol–water partition coefficient (Wildman–Crippen LogP) is 2.28. The van der Waals surface area contributed by atoms with Crippen molar-refractivity contribution >= 4 is 11.6 Å². The first-order valence-electron chi connectivity index (χ1n) is 6.70. The molecular weight excluding hydrogens is 297 g/mol. The zero-order valence-corrected chi connectivity index (χ0v) is 12.6. The maximum absolute atomic E-state index is 13.0. The van der Waals surface area contributed by atoms with Gasteiger partial charge in [0.05, 0.1) is 17.8 Å². The largest absolute Gasteiger partial charge is 0.435 e. The van der Waals surface area contributed by atoms with Crippen molar-refractivity contribution in [3.05, 3.63) is 23.5 Å². The molecule has 0 aliphatic carbocycles.